The van der Waals surface area contributed by atoms with Gasteiger partial charge >= 0.3 is 0 Å². The van der Waals surface area contributed by atoms with Crippen LogP contribution >= 0.6 is 11.3 Å². The summed E-state index contributed by atoms with van der Waals surface area (Å²) in [6, 6.07) is 16.5. The number of aryl methyl sites for hydroxylation is 1. The maximum absolute atomic E-state index is 13.7. The first kappa shape index (κ1) is 26.5. The van der Waals surface area contributed by atoms with Crippen LogP contribution in [0.5, 0.6) is 0 Å². The topological polar surface area (TPSA) is 60.9 Å². The van der Waals surface area contributed by atoms with Crippen molar-refractivity contribution in [2.75, 3.05) is 32.7 Å². The standard InChI is InChI=1S/C27H32FN3O3S2/c1-22-13-18-35-26(22)20-30(19-23-7-3-2-4-8-23)27(32)21-31(17-16-29-14-5-6-15-29)36(33,34)25-11-9-24(28)10-12-25/h2-4,7-13,18H,5-6,14-17,19-21H2,1H3. The van der Waals surface area contributed by atoms with Crippen LogP contribution in [0.2, 0.25) is 0 Å². The number of amides is 1. The van der Waals surface area contributed by atoms with Crippen LogP contribution in [0.15, 0.2) is 70.9 Å². The van der Waals surface area contributed by atoms with Crippen LogP contribution < -0.4 is 0 Å². The Morgan fingerprint density at radius 2 is 1.69 bits per heavy atom. The second kappa shape index (κ2) is 12.1. The van der Waals surface area contributed by atoms with Crippen LogP contribution in [-0.4, -0.2) is 61.2 Å². The van der Waals surface area contributed by atoms with Crippen LogP contribution in [0, 0.1) is 12.7 Å². The van der Waals surface area contributed by atoms with E-state index in [0.29, 0.717) is 19.6 Å². The number of rotatable bonds is 11. The van der Waals surface area contributed by atoms with E-state index in [1.54, 1.807) is 16.2 Å². The lowest BCUT2D eigenvalue weighted by molar-refractivity contribution is -0.132. The first-order chi connectivity index (χ1) is 17.3. The summed E-state index contributed by atoms with van der Waals surface area (Å²) < 4.78 is 41.8. The lowest BCUT2D eigenvalue weighted by Gasteiger charge is -2.28. The molecule has 192 valence electrons. The number of hydrogen-bond acceptors (Lipinski definition) is 5. The smallest absolute Gasteiger partial charge is 0.243 e. The molecule has 36 heavy (non-hydrogen) atoms. The van der Waals surface area contributed by atoms with E-state index in [1.165, 1.54) is 16.4 Å². The highest BCUT2D eigenvalue weighted by atomic mass is 32.2. The van der Waals surface area contributed by atoms with Crippen molar-refractivity contribution in [3.63, 3.8) is 0 Å². The third-order valence-electron chi connectivity index (χ3n) is 6.50. The summed E-state index contributed by atoms with van der Waals surface area (Å²) in [5, 5.41) is 2.00. The van der Waals surface area contributed by atoms with Crippen molar-refractivity contribution in [3.05, 3.63) is 87.9 Å². The third kappa shape index (κ3) is 6.79. The van der Waals surface area contributed by atoms with Crippen LogP contribution in [0.25, 0.3) is 0 Å². The highest BCUT2D eigenvalue weighted by Crippen LogP contribution is 2.21. The number of likely N-dealkylation sites (tertiary alicyclic amines) is 1. The highest BCUT2D eigenvalue weighted by Gasteiger charge is 2.29. The van der Waals surface area contributed by atoms with Crippen molar-refractivity contribution in [2.45, 2.75) is 37.8 Å². The average molecular weight is 530 g/mol. The summed E-state index contributed by atoms with van der Waals surface area (Å²) >= 11 is 1.59. The lowest BCUT2D eigenvalue weighted by Crippen LogP contribution is -2.45. The summed E-state index contributed by atoms with van der Waals surface area (Å²) in [5.74, 6) is -0.771. The molecule has 0 unspecified atom stereocenters. The molecule has 0 atom stereocenters. The second-order valence-corrected chi connectivity index (χ2v) is 12.0. The summed E-state index contributed by atoms with van der Waals surface area (Å²) in [7, 11) is -3.99. The number of sulfonamides is 1. The average Bonchev–Trinajstić information content (AvgIpc) is 3.54. The van der Waals surface area contributed by atoms with E-state index in [9.17, 15) is 17.6 Å². The molecule has 0 spiro atoms. The Labute approximate surface area is 217 Å². The largest absolute Gasteiger partial charge is 0.332 e. The highest BCUT2D eigenvalue weighted by molar-refractivity contribution is 7.89. The van der Waals surface area contributed by atoms with Gasteiger partial charge in [-0.05, 0) is 79.7 Å². The van der Waals surface area contributed by atoms with Gasteiger partial charge in [0.1, 0.15) is 5.82 Å². The van der Waals surface area contributed by atoms with Gasteiger partial charge in [-0.15, -0.1) is 11.3 Å². The van der Waals surface area contributed by atoms with Gasteiger partial charge in [0, 0.05) is 24.5 Å². The zero-order valence-corrected chi connectivity index (χ0v) is 22.1. The van der Waals surface area contributed by atoms with Crippen molar-refractivity contribution >= 4 is 27.3 Å². The lowest BCUT2D eigenvalue weighted by atomic mass is 10.2. The van der Waals surface area contributed by atoms with Crippen molar-refractivity contribution in [2.24, 2.45) is 0 Å². The van der Waals surface area contributed by atoms with Gasteiger partial charge in [0.15, 0.2) is 0 Å². The predicted molar refractivity (Wildman–Crippen MR) is 141 cm³/mol. The Bertz CT molecular complexity index is 1240. The number of halogens is 1. The fraction of sp³-hybridized carbons (Fsp3) is 0.370. The first-order valence-corrected chi connectivity index (χ1v) is 14.5. The van der Waals surface area contributed by atoms with Gasteiger partial charge in [0.2, 0.25) is 15.9 Å². The molecule has 0 bridgehead atoms. The fourth-order valence-electron chi connectivity index (χ4n) is 4.33. The van der Waals surface area contributed by atoms with Crippen molar-refractivity contribution < 1.29 is 17.6 Å². The van der Waals surface area contributed by atoms with E-state index in [-0.39, 0.29) is 23.9 Å². The summed E-state index contributed by atoms with van der Waals surface area (Å²) in [6.45, 7) is 5.13. The Morgan fingerprint density at radius 3 is 2.33 bits per heavy atom. The van der Waals surface area contributed by atoms with E-state index >= 15 is 0 Å². The van der Waals surface area contributed by atoms with Gasteiger partial charge in [-0.1, -0.05) is 30.3 Å². The molecule has 0 radical (unpaired) electrons. The number of hydrogen-bond donors (Lipinski definition) is 0. The van der Waals surface area contributed by atoms with Crippen LogP contribution in [0.4, 0.5) is 4.39 Å². The third-order valence-corrected chi connectivity index (χ3v) is 9.37. The van der Waals surface area contributed by atoms with Gasteiger partial charge in [0.05, 0.1) is 18.0 Å². The van der Waals surface area contributed by atoms with Crippen molar-refractivity contribution in [3.8, 4) is 0 Å². The first-order valence-electron chi connectivity index (χ1n) is 12.2. The maximum atomic E-state index is 13.7. The number of carbonyl (C=O) groups is 1. The molecular weight excluding hydrogens is 497 g/mol. The predicted octanol–water partition coefficient (Wildman–Crippen LogP) is 4.51. The van der Waals surface area contributed by atoms with Gasteiger partial charge in [-0.2, -0.15) is 4.31 Å². The molecule has 1 saturated heterocycles. The molecule has 3 aromatic rings. The van der Waals surface area contributed by atoms with Crippen LogP contribution in [-0.2, 0) is 27.9 Å². The molecule has 0 aliphatic carbocycles. The van der Waals surface area contributed by atoms with E-state index in [1.807, 2.05) is 48.7 Å². The number of thiophene rings is 1. The number of benzene rings is 2. The molecule has 1 aliphatic heterocycles. The Hall–Kier alpha value is -2.59. The maximum Gasteiger partial charge on any atom is 0.243 e. The van der Waals surface area contributed by atoms with Crippen LogP contribution in [0.1, 0.15) is 28.8 Å². The zero-order valence-electron chi connectivity index (χ0n) is 20.5. The Balaban J connectivity index is 1.58. The van der Waals surface area contributed by atoms with Crippen molar-refractivity contribution in [1.82, 2.24) is 14.1 Å². The number of nitrogens with zero attached hydrogens (tertiary/aromatic N) is 3. The quantitative estimate of drug-likeness (QED) is 0.367. The van der Waals surface area contributed by atoms with E-state index in [4.69, 9.17) is 0 Å². The SMILES string of the molecule is Cc1ccsc1CN(Cc1ccccc1)C(=O)CN(CCN1CCCC1)S(=O)(=O)c1ccc(F)cc1. The molecule has 2 heterocycles. The molecule has 1 fully saturated rings. The van der Waals surface area contributed by atoms with E-state index in [2.05, 4.69) is 4.90 Å². The summed E-state index contributed by atoms with van der Waals surface area (Å²) in [6.07, 6.45) is 2.18. The summed E-state index contributed by atoms with van der Waals surface area (Å²) in [5.41, 5.74) is 2.08. The molecule has 4 rings (SSSR count). The molecule has 0 saturated carbocycles. The Kier molecular flexibility index (Phi) is 8.90. The van der Waals surface area contributed by atoms with E-state index < -0.39 is 15.8 Å². The monoisotopic (exact) mass is 529 g/mol. The van der Waals surface area contributed by atoms with Crippen molar-refractivity contribution in [1.29, 1.82) is 0 Å². The minimum atomic E-state index is -3.99. The summed E-state index contributed by atoms with van der Waals surface area (Å²) in [4.78, 5) is 18.7. The molecule has 1 aromatic heterocycles. The van der Waals surface area contributed by atoms with E-state index in [0.717, 1.165) is 54.1 Å². The Morgan fingerprint density at radius 1 is 1.00 bits per heavy atom. The molecular formula is C27H32FN3O3S2. The van der Waals surface area contributed by atoms with Crippen LogP contribution in [0.3, 0.4) is 0 Å². The number of carbonyl (C=O) groups excluding carboxylic acids is 1. The molecule has 6 nitrogen and oxygen atoms in total. The second-order valence-electron chi connectivity index (χ2n) is 9.10. The van der Waals surface area contributed by atoms with Gasteiger partial charge in [0.25, 0.3) is 0 Å². The fourth-order valence-corrected chi connectivity index (χ4v) is 6.63. The van der Waals surface area contributed by atoms with Gasteiger partial charge < -0.3 is 9.80 Å². The molecule has 1 amide bonds. The molecule has 0 N–H and O–H groups in total. The van der Waals surface area contributed by atoms with Gasteiger partial charge in [-0.3, -0.25) is 4.79 Å². The zero-order chi connectivity index (χ0) is 25.5. The molecule has 2 aromatic carbocycles. The molecule has 1 aliphatic rings. The molecule has 9 heteroatoms. The normalized spacial score (nSPS) is 14.4. The van der Waals surface area contributed by atoms with Gasteiger partial charge in [-0.25, -0.2) is 12.8 Å². The minimum Gasteiger partial charge on any atom is -0.332 e. The minimum absolute atomic E-state index is 0.0122.